The van der Waals surface area contributed by atoms with Gasteiger partial charge in [0.15, 0.2) is 0 Å². The van der Waals surface area contributed by atoms with Gasteiger partial charge in [0.2, 0.25) is 0 Å². The van der Waals surface area contributed by atoms with Gasteiger partial charge >= 0.3 is 0 Å². The van der Waals surface area contributed by atoms with Gasteiger partial charge in [-0.15, -0.1) is 0 Å². The Morgan fingerprint density at radius 3 is 1.67 bits per heavy atom. The van der Waals surface area contributed by atoms with Crippen molar-refractivity contribution >= 4 is 5.78 Å². The molecule has 1 nitrogen and oxygen atoms in total. The van der Waals surface area contributed by atoms with Crippen molar-refractivity contribution in [1.82, 2.24) is 0 Å². The molecule has 0 aliphatic rings. The van der Waals surface area contributed by atoms with E-state index in [9.17, 15) is 4.79 Å². The minimum atomic E-state index is -0.118. The lowest BCUT2D eigenvalue weighted by Gasteiger charge is -2.17. The van der Waals surface area contributed by atoms with Gasteiger partial charge in [0.05, 0.1) is 5.92 Å². The van der Waals surface area contributed by atoms with Crippen molar-refractivity contribution in [2.24, 2.45) is 0 Å². The van der Waals surface area contributed by atoms with Crippen LogP contribution < -0.4 is 0 Å². The number of ketones is 1. The molecule has 0 bridgehead atoms. The summed E-state index contributed by atoms with van der Waals surface area (Å²) in [6.07, 6.45) is 9.39. The van der Waals surface area contributed by atoms with Crippen LogP contribution in [0, 0.1) is 0 Å². The van der Waals surface area contributed by atoms with Crippen molar-refractivity contribution in [3.05, 3.63) is 71.8 Å². The van der Waals surface area contributed by atoms with Crippen molar-refractivity contribution in [2.45, 2.75) is 64.2 Å². The molecule has 1 heteroatoms. The maximum absolute atomic E-state index is 12.9. The Balaban J connectivity index is 1.92. The van der Waals surface area contributed by atoms with E-state index in [1.165, 1.54) is 38.5 Å². The molecule has 0 heterocycles. The van der Waals surface area contributed by atoms with Crippen LogP contribution in [0.25, 0.3) is 0 Å². The molecule has 0 fully saturated rings. The summed E-state index contributed by atoms with van der Waals surface area (Å²) in [4.78, 5) is 12.9. The van der Waals surface area contributed by atoms with Crippen molar-refractivity contribution in [3.8, 4) is 0 Å². The molecular weight excluding hydrogens is 292 g/mol. The van der Waals surface area contributed by atoms with E-state index in [1.807, 2.05) is 36.4 Å². The SMILES string of the molecule is CCCCCCCCCC(=O)C(c1ccccc1)c1ccccc1. The lowest BCUT2D eigenvalue weighted by Crippen LogP contribution is -2.14. The van der Waals surface area contributed by atoms with Crippen LogP contribution in [0.3, 0.4) is 0 Å². The Kier molecular flexibility index (Phi) is 8.31. The molecule has 0 unspecified atom stereocenters. The molecule has 0 saturated heterocycles. The summed E-state index contributed by atoms with van der Waals surface area (Å²) in [6.45, 7) is 2.24. The van der Waals surface area contributed by atoms with Crippen molar-refractivity contribution in [3.63, 3.8) is 0 Å². The minimum Gasteiger partial charge on any atom is -0.299 e. The normalized spacial score (nSPS) is 10.9. The lowest BCUT2D eigenvalue weighted by atomic mass is 9.85. The molecule has 128 valence electrons. The molecule has 0 N–H and O–H groups in total. The Labute approximate surface area is 147 Å². The van der Waals surface area contributed by atoms with Crippen LogP contribution in [-0.2, 0) is 4.79 Å². The van der Waals surface area contributed by atoms with Crippen LogP contribution in [0.5, 0.6) is 0 Å². The van der Waals surface area contributed by atoms with Crippen LogP contribution in [0.15, 0.2) is 60.7 Å². The molecule has 0 amide bonds. The van der Waals surface area contributed by atoms with E-state index in [-0.39, 0.29) is 5.92 Å². The summed E-state index contributed by atoms with van der Waals surface area (Å²) in [7, 11) is 0. The van der Waals surface area contributed by atoms with Gasteiger partial charge in [0.1, 0.15) is 5.78 Å². The maximum Gasteiger partial charge on any atom is 0.144 e. The zero-order chi connectivity index (χ0) is 17.0. The first kappa shape index (κ1) is 18.4. The molecule has 0 spiro atoms. The Bertz CT molecular complexity index is 534. The molecule has 2 aromatic carbocycles. The second-order valence-corrected chi connectivity index (χ2v) is 6.59. The van der Waals surface area contributed by atoms with Crippen molar-refractivity contribution in [1.29, 1.82) is 0 Å². The number of unbranched alkanes of at least 4 members (excludes halogenated alkanes) is 6. The summed E-state index contributed by atoms with van der Waals surface area (Å²) in [5, 5.41) is 0. The van der Waals surface area contributed by atoms with E-state index in [0.717, 1.165) is 17.5 Å². The van der Waals surface area contributed by atoms with E-state index < -0.39 is 0 Å². The highest BCUT2D eigenvalue weighted by molar-refractivity contribution is 5.89. The first-order chi connectivity index (χ1) is 11.8. The second-order valence-electron chi connectivity index (χ2n) is 6.59. The number of Topliss-reactive ketones (excluding diaryl/α,β-unsaturated/α-hetero) is 1. The van der Waals surface area contributed by atoms with E-state index in [1.54, 1.807) is 0 Å². The van der Waals surface area contributed by atoms with Crippen LogP contribution in [0.1, 0.15) is 75.3 Å². The maximum atomic E-state index is 12.9. The van der Waals surface area contributed by atoms with Crippen LogP contribution in [-0.4, -0.2) is 5.78 Å². The third-order valence-electron chi connectivity index (χ3n) is 4.61. The zero-order valence-electron chi connectivity index (χ0n) is 14.9. The van der Waals surface area contributed by atoms with Gasteiger partial charge in [-0.05, 0) is 17.5 Å². The topological polar surface area (TPSA) is 17.1 Å². The predicted octanol–water partition coefficient (Wildman–Crippen LogP) is 6.53. The molecule has 0 aliphatic carbocycles. The fourth-order valence-electron chi connectivity index (χ4n) is 3.26. The number of rotatable bonds is 11. The third kappa shape index (κ3) is 5.96. The van der Waals surface area contributed by atoms with Crippen LogP contribution in [0.2, 0.25) is 0 Å². The first-order valence-corrected chi connectivity index (χ1v) is 9.45. The highest BCUT2D eigenvalue weighted by Gasteiger charge is 2.21. The number of carbonyl (C=O) groups excluding carboxylic acids is 1. The molecule has 0 aliphatic heterocycles. The van der Waals surface area contributed by atoms with Gasteiger partial charge in [-0.2, -0.15) is 0 Å². The summed E-state index contributed by atoms with van der Waals surface area (Å²) in [6, 6.07) is 20.4. The third-order valence-corrected chi connectivity index (χ3v) is 4.61. The molecule has 0 saturated carbocycles. The smallest absolute Gasteiger partial charge is 0.144 e. The van der Waals surface area contributed by atoms with Gasteiger partial charge in [0, 0.05) is 6.42 Å². The Morgan fingerprint density at radius 1 is 0.708 bits per heavy atom. The second kappa shape index (κ2) is 10.8. The quantitative estimate of drug-likeness (QED) is 0.430. The van der Waals surface area contributed by atoms with E-state index in [4.69, 9.17) is 0 Å². The van der Waals surface area contributed by atoms with E-state index >= 15 is 0 Å². The highest BCUT2D eigenvalue weighted by atomic mass is 16.1. The monoisotopic (exact) mass is 322 g/mol. The standard InChI is InChI=1S/C23H30O/c1-2-3-4-5-6-7-14-19-22(24)23(20-15-10-8-11-16-20)21-17-12-9-13-18-21/h8-13,15-18,23H,2-7,14,19H2,1H3. The molecule has 0 aromatic heterocycles. The van der Waals surface area contributed by atoms with Crippen molar-refractivity contribution < 1.29 is 4.79 Å². The first-order valence-electron chi connectivity index (χ1n) is 9.45. The Hall–Kier alpha value is -1.89. The molecule has 0 atom stereocenters. The summed E-state index contributed by atoms with van der Waals surface area (Å²) >= 11 is 0. The zero-order valence-corrected chi connectivity index (χ0v) is 14.9. The number of carbonyl (C=O) groups is 1. The molecule has 2 rings (SSSR count). The lowest BCUT2D eigenvalue weighted by molar-refractivity contribution is -0.119. The average Bonchev–Trinajstić information content (AvgIpc) is 2.63. The largest absolute Gasteiger partial charge is 0.299 e. The Morgan fingerprint density at radius 2 is 1.17 bits per heavy atom. The molecule has 2 aromatic rings. The molecule has 24 heavy (non-hydrogen) atoms. The number of hydrogen-bond donors (Lipinski definition) is 0. The van der Waals surface area contributed by atoms with Gasteiger partial charge in [-0.25, -0.2) is 0 Å². The molecular formula is C23H30O. The number of hydrogen-bond acceptors (Lipinski definition) is 1. The summed E-state index contributed by atoms with van der Waals surface area (Å²) < 4.78 is 0. The fraction of sp³-hybridized carbons (Fsp3) is 0.435. The highest BCUT2D eigenvalue weighted by Crippen LogP contribution is 2.27. The van der Waals surface area contributed by atoms with E-state index in [2.05, 4.69) is 31.2 Å². The van der Waals surface area contributed by atoms with Gasteiger partial charge in [-0.1, -0.05) is 106 Å². The van der Waals surface area contributed by atoms with E-state index in [0.29, 0.717) is 12.2 Å². The summed E-state index contributed by atoms with van der Waals surface area (Å²) in [5.74, 6) is 0.230. The summed E-state index contributed by atoms with van der Waals surface area (Å²) in [5.41, 5.74) is 2.22. The van der Waals surface area contributed by atoms with Crippen LogP contribution >= 0.6 is 0 Å². The van der Waals surface area contributed by atoms with Gasteiger partial charge in [-0.3, -0.25) is 4.79 Å². The number of benzene rings is 2. The average molecular weight is 322 g/mol. The van der Waals surface area contributed by atoms with Crippen molar-refractivity contribution in [2.75, 3.05) is 0 Å². The van der Waals surface area contributed by atoms with Gasteiger partial charge in [0.25, 0.3) is 0 Å². The molecule has 0 radical (unpaired) electrons. The van der Waals surface area contributed by atoms with Crippen LogP contribution in [0.4, 0.5) is 0 Å². The predicted molar refractivity (Wildman–Crippen MR) is 102 cm³/mol. The fourth-order valence-corrected chi connectivity index (χ4v) is 3.26. The van der Waals surface area contributed by atoms with Gasteiger partial charge < -0.3 is 0 Å². The minimum absolute atomic E-state index is 0.118.